The van der Waals surface area contributed by atoms with Crippen LogP contribution in [0.3, 0.4) is 0 Å². The van der Waals surface area contributed by atoms with Gasteiger partial charge >= 0.3 is 0 Å². The highest BCUT2D eigenvalue weighted by atomic mass is 16.3. The summed E-state index contributed by atoms with van der Waals surface area (Å²) in [4.78, 5) is 19.6. The van der Waals surface area contributed by atoms with Crippen LogP contribution in [0.4, 0.5) is 5.82 Å². The molecule has 1 saturated carbocycles. The Labute approximate surface area is 187 Å². The van der Waals surface area contributed by atoms with Crippen LogP contribution in [0.1, 0.15) is 51.0 Å². The summed E-state index contributed by atoms with van der Waals surface area (Å²) >= 11 is 0. The maximum Gasteiger partial charge on any atom is 0.180 e. The van der Waals surface area contributed by atoms with Crippen LogP contribution in [0.5, 0.6) is 0 Å². The van der Waals surface area contributed by atoms with E-state index in [1.165, 1.54) is 37.6 Å². The van der Waals surface area contributed by atoms with Crippen molar-refractivity contribution in [3.8, 4) is 11.1 Å². The van der Waals surface area contributed by atoms with E-state index in [2.05, 4.69) is 43.7 Å². The highest BCUT2D eigenvalue weighted by Crippen LogP contribution is 2.35. The van der Waals surface area contributed by atoms with Gasteiger partial charge in [0.05, 0.1) is 29.2 Å². The lowest BCUT2D eigenvalue weighted by atomic mass is 9.95. The van der Waals surface area contributed by atoms with Crippen LogP contribution >= 0.6 is 0 Å². The van der Waals surface area contributed by atoms with Gasteiger partial charge in [0.25, 0.3) is 0 Å². The normalized spacial score (nSPS) is 20.4. The average Bonchev–Trinajstić information content (AvgIpc) is 3.50. The number of aromatic nitrogens is 5. The minimum atomic E-state index is 0.230. The van der Waals surface area contributed by atoms with Crippen molar-refractivity contribution in [2.45, 2.75) is 51.0 Å². The fourth-order valence-electron chi connectivity index (χ4n) is 5.57. The zero-order chi connectivity index (χ0) is 21.5. The number of nitrogens with zero attached hydrogens (tertiary/aromatic N) is 5. The van der Waals surface area contributed by atoms with E-state index >= 15 is 0 Å². The predicted octanol–water partition coefficient (Wildman–Crippen LogP) is 4.69. The number of nitrogens with one attached hydrogen (secondary N) is 1. The molecule has 4 heterocycles. The summed E-state index contributed by atoms with van der Waals surface area (Å²) in [6.45, 7) is 2.03. The molecule has 7 nitrogen and oxygen atoms in total. The molecule has 1 saturated heterocycles. The maximum absolute atomic E-state index is 9.65. The molecule has 0 radical (unpaired) electrons. The van der Waals surface area contributed by atoms with Crippen molar-refractivity contribution in [3.63, 3.8) is 0 Å². The van der Waals surface area contributed by atoms with Gasteiger partial charge < -0.3 is 19.6 Å². The summed E-state index contributed by atoms with van der Waals surface area (Å²) < 4.78 is 2.38. The zero-order valence-corrected chi connectivity index (χ0v) is 18.4. The third-order valence-electron chi connectivity index (χ3n) is 7.34. The highest BCUT2D eigenvalue weighted by molar-refractivity contribution is 5.94. The molecule has 0 amide bonds. The Morgan fingerprint density at radius 3 is 2.81 bits per heavy atom. The molecule has 1 aliphatic carbocycles. The lowest BCUT2D eigenvalue weighted by molar-refractivity contribution is 0.208. The van der Waals surface area contributed by atoms with Gasteiger partial charge in [0, 0.05) is 31.3 Å². The van der Waals surface area contributed by atoms with E-state index in [1.54, 1.807) is 6.33 Å². The molecular formula is C25H30N6O. The fourth-order valence-corrected chi connectivity index (χ4v) is 5.57. The second-order valence-electron chi connectivity index (χ2n) is 9.41. The van der Waals surface area contributed by atoms with Crippen molar-refractivity contribution in [2.24, 2.45) is 5.92 Å². The Kier molecular flexibility index (Phi) is 5.06. The topological polar surface area (TPSA) is 82.9 Å². The summed E-state index contributed by atoms with van der Waals surface area (Å²) in [5, 5.41) is 9.65. The number of benzene rings is 1. The summed E-state index contributed by atoms with van der Waals surface area (Å²) in [5.74, 6) is 1.24. The van der Waals surface area contributed by atoms with Crippen molar-refractivity contribution in [1.82, 2.24) is 24.5 Å². The van der Waals surface area contributed by atoms with E-state index < -0.39 is 0 Å². The molecule has 1 aromatic carbocycles. The first kappa shape index (κ1) is 19.7. The quantitative estimate of drug-likeness (QED) is 0.491. The van der Waals surface area contributed by atoms with E-state index in [-0.39, 0.29) is 6.61 Å². The Hall–Kier alpha value is -2.93. The van der Waals surface area contributed by atoms with Crippen LogP contribution in [0.25, 0.3) is 33.3 Å². The second kappa shape index (κ2) is 8.20. The number of anilines is 1. The molecule has 1 atom stereocenters. The molecule has 2 aliphatic rings. The van der Waals surface area contributed by atoms with Gasteiger partial charge in [-0.05, 0) is 55.4 Å². The minimum Gasteiger partial charge on any atom is -0.396 e. The van der Waals surface area contributed by atoms with Gasteiger partial charge in [-0.15, -0.1) is 0 Å². The Bertz CT molecular complexity index is 1240. The molecule has 3 aromatic heterocycles. The van der Waals surface area contributed by atoms with Crippen LogP contribution in [-0.2, 0) is 0 Å². The standard InChI is InChI=1S/C25H30N6O/c32-14-17-5-4-10-30(13-17)23-12-20(24-25(29-23)27-15-26-24)18-8-9-22-21(11-18)28-16-31(22)19-6-2-1-3-7-19/h8-9,11-12,15-17,19,32H,1-7,10,13-14H2,(H,26,27,29). The monoisotopic (exact) mass is 430 g/mol. The molecule has 32 heavy (non-hydrogen) atoms. The average molecular weight is 431 g/mol. The molecule has 1 aliphatic heterocycles. The molecule has 166 valence electrons. The highest BCUT2D eigenvalue weighted by Gasteiger charge is 2.23. The van der Waals surface area contributed by atoms with E-state index in [1.807, 2.05) is 6.33 Å². The van der Waals surface area contributed by atoms with E-state index in [4.69, 9.17) is 9.97 Å². The molecule has 0 bridgehead atoms. The van der Waals surface area contributed by atoms with Crippen LogP contribution in [0.2, 0.25) is 0 Å². The number of fused-ring (bicyclic) bond motifs is 2. The number of aliphatic hydroxyl groups excluding tert-OH is 1. The Morgan fingerprint density at radius 1 is 1.03 bits per heavy atom. The van der Waals surface area contributed by atoms with Crippen molar-refractivity contribution in [3.05, 3.63) is 36.9 Å². The van der Waals surface area contributed by atoms with Crippen molar-refractivity contribution in [1.29, 1.82) is 0 Å². The van der Waals surface area contributed by atoms with Crippen LogP contribution in [0, 0.1) is 5.92 Å². The van der Waals surface area contributed by atoms with E-state index in [0.29, 0.717) is 12.0 Å². The first-order valence-electron chi connectivity index (χ1n) is 12.0. The van der Waals surface area contributed by atoms with Crippen molar-refractivity contribution >= 4 is 28.0 Å². The van der Waals surface area contributed by atoms with Gasteiger partial charge in [-0.2, -0.15) is 0 Å². The third kappa shape index (κ3) is 3.45. The molecule has 6 rings (SSSR count). The third-order valence-corrected chi connectivity index (χ3v) is 7.34. The smallest absolute Gasteiger partial charge is 0.180 e. The van der Waals surface area contributed by atoms with Crippen LogP contribution < -0.4 is 4.90 Å². The largest absolute Gasteiger partial charge is 0.396 e. The Balaban J connectivity index is 1.40. The number of aromatic amines is 1. The SMILES string of the molecule is OCC1CCCN(c2cc(-c3ccc4c(c3)ncn4C3CCCCC3)c3[nH]cnc3n2)C1. The first-order valence-corrected chi connectivity index (χ1v) is 12.0. The van der Waals surface area contributed by atoms with Crippen LogP contribution in [0.15, 0.2) is 36.9 Å². The molecule has 7 heteroatoms. The number of aliphatic hydroxyl groups is 1. The van der Waals surface area contributed by atoms with E-state index in [0.717, 1.165) is 59.6 Å². The molecule has 2 N–H and O–H groups in total. The predicted molar refractivity (Wildman–Crippen MR) is 127 cm³/mol. The zero-order valence-electron chi connectivity index (χ0n) is 18.4. The van der Waals surface area contributed by atoms with Gasteiger partial charge in [0.2, 0.25) is 0 Å². The van der Waals surface area contributed by atoms with E-state index in [9.17, 15) is 5.11 Å². The fraction of sp³-hybridized carbons (Fsp3) is 0.480. The number of rotatable bonds is 4. The van der Waals surface area contributed by atoms with Crippen molar-refractivity contribution < 1.29 is 5.11 Å². The van der Waals surface area contributed by atoms with Crippen molar-refractivity contribution in [2.75, 3.05) is 24.6 Å². The second-order valence-corrected chi connectivity index (χ2v) is 9.41. The maximum atomic E-state index is 9.65. The number of piperidine rings is 1. The number of imidazole rings is 2. The molecule has 2 fully saturated rings. The summed E-state index contributed by atoms with van der Waals surface area (Å²) in [7, 11) is 0. The first-order chi connectivity index (χ1) is 15.8. The minimum absolute atomic E-state index is 0.230. The van der Waals surface area contributed by atoms with Crippen LogP contribution in [-0.4, -0.2) is 49.3 Å². The number of hydrogen-bond acceptors (Lipinski definition) is 5. The molecule has 4 aromatic rings. The lowest BCUT2D eigenvalue weighted by Gasteiger charge is -2.33. The number of H-pyrrole nitrogens is 1. The van der Waals surface area contributed by atoms with Gasteiger partial charge in [0.1, 0.15) is 5.82 Å². The number of pyridine rings is 1. The summed E-state index contributed by atoms with van der Waals surface area (Å²) in [5.41, 5.74) is 6.17. The summed E-state index contributed by atoms with van der Waals surface area (Å²) in [6, 6.07) is 9.36. The summed E-state index contributed by atoms with van der Waals surface area (Å²) in [6.07, 6.45) is 12.4. The number of hydrogen-bond donors (Lipinski definition) is 2. The molecule has 1 unspecified atom stereocenters. The lowest BCUT2D eigenvalue weighted by Crippen LogP contribution is -2.37. The Morgan fingerprint density at radius 2 is 1.94 bits per heavy atom. The molecule has 0 spiro atoms. The van der Waals surface area contributed by atoms with Gasteiger partial charge in [-0.25, -0.2) is 15.0 Å². The van der Waals surface area contributed by atoms with Gasteiger partial charge in [0.15, 0.2) is 5.65 Å². The van der Waals surface area contributed by atoms with Gasteiger partial charge in [-0.3, -0.25) is 0 Å². The van der Waals surface area contributed by atoms with Gasteiger partial charge in [-0.1, -0.05) is 25.3 Å². The molecular weight excluding hydrogens is 400 g/mol.